The highest BCUT2D eigenvalue weighted by Gasteiger charge is 2.26. The molecule has 0 bridgehead atoms. The van der Waals surface area contributed by atoms with Crippen molar-refractivity contribution in [3.8, 4) is 0 Å². The first kappa shape index (κ1) is 14.8. The van der Waals surface area contributed by atoms with Gasteiger partial charge in [-0.05, 0) is 47.8 Å². The lowest BCUT2D eigenvalue weighted by Crippen LogP contribution is -2.38. The van der Waals surface area contributed by atoms with Crippen LogP contribution in [0.4, 0.5) is 5.69 Å². The van der Waals surface area contributed by atoms with E-state index in [0.717, 1.165) is 25.9 Å². The maximum absolute atomic E-state index is 12.1. The van der Waals surface area contributed by atoms with Crippen LogP contribution in [0.5, 0.6) is 0 Å². The Bertz CT molecular complexity index is 527. The van der Waals surface area contributed by atoms with E-state index in [1.54, 1.807) is 30.0 Å². The third-order valence-electron chi connectivity index (χ3n) is 3.30. The van der Waals surface area contributed by atoms with Crippen LogP contribution in [0.2, 0.25) is 0 Å². The molecule has 1 saturated heterocycles. The number of esters is 1. The predicted octanol–water partition coefficient (Wildman–Crippen LogP) is 2.20. The molecule has 1 amide bonds. The lowest BCUT2D eigenvalue weighted by Gasteiger charge is -2.20. The summed E-state index contributed by atoms with van der Waals surface area (Å²) in [6.07, 6.45) is 1.23. The predicted molar refractivity (Wildman–Crippen MR) is 79.2 cm³/mol. The molecule has 0 saturated carbocycles. The molecule has 6 heteroatoms. The van der Waals surface area contributed by atoms with Gasteiger partial charge in [0.15, 0.2) is 6.10 Å². The van der Waals surface area contributed by atoms with Gasteiger partial charge < -0.3 is 15.4 Å². The van der Waals surface area contributed by atoms with Gasteiger partial charge >= 0.3 is 5.97 Å². The molecule has 0 aliphatic carbocycles. The number of hydrogen-bond donors (Lipinski definition) is 1. The van der Waals surface area contributed by atoms with Gasteiger partial charge in [-0.1, -0.05) is 6.07 Å². The van der Waals surface area contributed by atoms with Crippen LogP contribution in [0.3, 0.4) is 0 Å². The summed E-state index contributed by atoms with van der Waals surface area (Å²) in [6.45, 7) is 3.07. The number of ether oxygens (including phenoxy) is 1. The minimum Gasteiger partial charge on any atom is -0.449 e. The monoisotopic (exact) mass is 340 g/mol. The lowest BCUT2D eigenvalue weighted by molar-refractivity contribution is -0.138. The molecule has 1 aromatic rings. The van der Waals surface area contributed by atoms with E-state index in [9.17, 15) is 9.59 Å². The highest BCUT2D eigenvalue weighted by atomic mass is 79.9. The minimum atomic E-state index is -0.783. The highest BCUT2D eigenvalue weighted by molar-refractivity contribution is 9.10. The van der Waals surface area contributed by atoms with Gasteiger partial charge in [-0.2, -0.15) is 0 Å². The molecule has 1 fully saturated rings. The molecule has 5 nitrogen and oxygen atoms in total. The van der Waals surface area contributed by atoms with Crippen molar-refractivity contribution < 1.29 is 14.3 Å². The summed E-state index contributed by atoms with van der Waals surface area (Å²) in [4.78, 5) is 25.9. The molecular formula is C14H17BrN2O3. The van der Waals surface area contributed by atoms with Crippen LogP contribution >= 0.6 is 15.9 Å². The number of likely N-dealkylation sites (tertiary alicyclic amines) is 1. The molecule has 0 spiro atoms. The Labute approximate surface area is 126 Å². The van der Waals surface area contributed by atoms with Crippen molar-refractivity contribution in [3.63, 3.8) is 0 Å². The van der Waals surface area contributed by atoms with Crippen LogP contribution in [-0.4, -0.2) is 36.0 Å². The van der Waals surface area contributed by atoms with Crippen LogP contribution in [0.1, 0.15) is 30.1 Å². The zero-order chi connectivity index (χ0) is 14.7. The number of carbonyl (C=O) groups is 2. The molecule has 1 aliphatic rings. The summed E-state index contributed by atoms with van der Waals surface area (Å²) < 4.78 is 5.72. The zero-order valence-electron chi connectivity index (χ0n) is 11.3. The quantitative estimate of drug-likeness (QED) is 0.676. The van der Waals surface area contributed by atoms with E-state index in [2.05, 4.69) is 15.9 Å². The number of amides is 1. The fourth-order valence-corrected chi connectivity index (χ4v) is 2.60. The van der Waals surface area contributed by atoms with Crippen molar-refractivity contribution in [2.24, 2.45) is 0 Å². The molecule has 1 atom stereocenters. The first-order valence-corrected chi connectivity index (χ1v) is 7.33. The molecule has 0 aromatic heterocycles. The number of hydrogen-bond acceptors (Lipinski definition) is 4. The largest absolute Gasteiger partial charge is 0.449 e. The van der Waals surface area contributed by atoms with E-state index in [1.807, 2.05) is 0 Å². The first-order valence-electron chi connectivity index (χ1n) is 6.54. The summed E-state index contributed by atoms with van der Waals surface area (Å²) in [5.41, 5.74) is 6.50. The minimum absolute atomic E-state index is 0.143. The van der Waals surface area contributed by atoms with E-state index >= 15 is 0 Å². The fraction of sp³-hybridized carbons (Fsp3) is 0.429. The summed E-state index contributed by atoms with van der Waals surface area (Å²) in [5.74, 6) is -0.694. The number of halogens is 1. The average Bonchev–Trinajstić information content (AvgIpc) is 2.94. The van der Waals surface area contributed by atoms with E-state index in [0.29, 0.717) is 15.7 Å². The van der Waals surface area contributed by atoms with Crippen LogP contribution in [0.15, 0.2) is 22.7 Å². The maximum Gasteiger partial charge on any atom is 0.340 e. The Hall–Kier alpha value is -1.56. The van der Waals surface area contributed by atoms with Crippen LogP contribution in [-0.2, 0) is 9.53 Å². The second-order valence-electron chi connectivity index (χ2n) is 4.79. The van der Waals surface area contributed by atoms with Crippen LogP contribution in [0.25, 0.3) is 0 Å². The van der Waals surface area contributed by atoms with Crippen LogP contribution < -0.4 is 5.73 Å². The number of nitrogens with two attached hydrogens (primary N) is 1. The number of carbonyl (C=O) groups excluding carboxylic acids is 2. The second-order valence-corrected chi connectivity index (χ2v) is 5.58. The molecule has 20 heavy (non-hydrogen) atoms. The number of benzene rings is 1. The Morgan fingerprint density at radius 2 is 2.00 bits per heavy atom. The van der Waals surface area contributed by atoms with Gasteiger partial charge in [-0.3, -0.25) is 4.79 Å². The van der Waals surface area contributed by atoms with Crippen LogP contribution in [0, 0.1) is 0 Å². The molecule has 108 valence electrons. The number of nitrogen functional groups attached to an aromatic ring is 1. The van der Waals surface area contributed by atoms with Gasteiger partial charge in [-0.25, -0.2) is 4.79 Å². The standard InChI is InChI=1S/C14H17BrN2O3/c1-9(13(18)17-7-2-3-8-17)20-14(19)10-5-4-6-11(16)12(10)15/h4-6,9H,2-3,7-8,16H2,1H3. The van der Waals surface area contributed by atoms with E-state index in [1.165, 1.54) is 0 Å². The Morgan fingerprint density at radius 3 is 2.65 bits per heavy atom. The van der Waals surface area contributed by atoms with E-state index < -0.39 is 12.1 Å². The lowest BCUT2D eigenvalue weighted by atomic mass is 10.2. The fourth-order valence-electron chi connectivity index (χ4n) is 2.18. The van der Waals surface area contributed by atoms with Gasteiger partial charge in [0.2, 0.25) is 0 Å². The zero-order valence-corrected chi connectivity index (χ0v) is 12.9. The molecule has 1 aromatic carbocycles. The molecule has 2 rings (SSSR count). The van der Waals surface area contributed by atoms with Gasteiger partial charge in [0.25, 0.3) is 5.91 Å². The number of rotatable bonds is 3. The molecule has 0 radical (unpaired) electrons. The maximum atomic E-state index is 12.1. The van der Waals surface area contributed by atoms with Gasteiger partial charge in [0.05, 0.1) is 10.0 Å². The van der Waals surface area contributed by atoms with Gasteiger partial charge in [-0.15, -0.1) is 0 Å². The third kappa shape index (κ3) is 3.12. The van der Waals surface area contributed by atoms with E-state index in [4.69, 9.17) is 10.5 Å². The molecule has 2 N–H and O–H groups in total. The van der Waals surface area contributed by atoms with Crippen molar-refractivity contribution in [1.29, 1.82) is 0 Å². The second kappa shape index (κ2) is 6.26. The average molecular weight is 341 g/mol. The Balaban J connectivity index is 2.03. The Kier molecular flexibility index (Phi) is 4.65. The molecular weight excluding hydrogens is 324 g/mol. The number of nitrogens with zero attached hydrogens (tertiary/aromatic N) is 1. The van der Waals surface area contributed by atoms with Gasteiger partial charge in [0, 0.05) is 18.8 Å². The molecule has 1 unspecified atom stereocenters. The third-order valence-corrected chi connectivity index (χ3v) is 4.18. The van der Waals surface area contributed by atoms with Gasteiger partial charge in [0.1, 0.15) is 0 Å². The first-order chi connectivity index (χ1) is 9.50. The Morgan fingerprint density at radius 1 is 1.35 bits per heavy atom. The topological polar surface area (TPSA) is 72.6 Å². The summed E-state index contributed by atoms with van der Waals surface area (Å²) in [7, 11) is 0. The number of anilines is 1. The van der Waals surface area contributed by atoms with Crippen molar-refractivity contribution in [2.75, 3.05) is 18.8 Å². The van der Waals surface area contributed by atoms with Crippen molar-refractivity contribution >= 4 is 33.5 Å². The summed E-state index contributed by atoms with van der Waals surface area (Å²) in [5, 5.41) is 0. The summed E-state index contributed by atoms with van der Waals surface area (Å²) >= 11 is 3.25. The van der Waals surface area contributed by atoms with Crippen molar-refractivity contribution in [1.82, 2.24) is 4.90 Å². The van der Waals surface area contributed by atoms with Crippen molar-refractivity contribution in [2.45, 2.75) is 25.9 Å². The smallest absolute Gasteiger partial charge is 0.340 e. The normalized spacial score (nSPS) is 16.0. The molecule has 1 aliphatic heterocycles. The molecule has 1 heterocycles. The van der Waals surface area contributed by atoms with Crippen molar-refractivity contribution in [3.05, 3.63) is 28.2 Å². The SMILES string of the molecule is CC(OC(=O)c1cccc(N)c1Br)C(=O)N1CCCC1. The highest BCUT2D eigenvalue weighted by Crippen LogP contribution is 2.24. The van der Waals surface area contributed by atoms with E-state index in [-0.39, 0.29) is 5.91 Å². The summed E-state index contributed by atoms with van der Waals surface area (Å²) in [6, 6.07) is 4.96.